The van der Waals surface area contributed by atoms with Crippen molar-refractivity contribution in [1.29, 1.82) is 0 Å². The molecule has 0 amide bonds. The molecule has 0 aliphatic rings. The highest BCUT2D eigenvalue weighted by Gasteiger charge is 2.41. The molecule has 3 heteroatoms. The minimum atomic E-state index is -3.15. The Hall–Kier alpha value is -0.470. The van der Waals surface area contributed by atoms with Gasteiger partial charge in [-0.15, -0.1) is 0 Å². The van der Waals surface area contributed by atoms with Gasteiger partial charge in [0.05, 0.1) is 0 Å². The molecule has 0 saturated carbocycles. The van der Waals surface area contributed by atoms with Gasteiger partial charge in [-0.05, 0) is 11.8 Å². The Morgan fingerprint density at radius 2 is 1.57 bits per heavy atom. The second-order valence-electron chi connectivity index (χ2n) is 4.65. The Morgan fingerprint density at radius 3 is 1.86 bits per heavy atom. The van der Waals surface area contributed by atoms with Crippen molar-refractivity contribution >= 4 is 5.78 Å². The molecule has 1 nitrogen and oxygen atoms in total. The van der Waals surface area contributed by atoms with Crippen LogP contribution in [0.25, 0.3) is 0 Å². The van der Waals surface area contributed by atoms with Gasteiger partial charge < -0.3 is 0 Å². The molecule has 0 bridgehead atoms. The number of hydrogen-bond acceptors (Lipinski definition) is 1. The zero-order valence-corrected chi connectivity index (χ0v) is 9.60. The molecule has 0 aromatic carbocycles. The fourth-order valence-corrected chi connectivity index (χ4v) is 1.16. The summed E-state index contributed by atoms with van der Waals surface area (Å²) in [6, 6.07) is 0. The van der Waals surface area contributed by atoms with Gasteiger partial charge in [-0.2, -0.15) is 8.78 Å². The molecule has 0 rings (SSSR count). The van der Waals surface area contributed by atoms with Crippen molar-refractivity contribution in [2.45, 2.75) is 47.0 Å². The number of Topliss-reactive ketones (excluding diaryl/α,β-unsaturated/α-hetero) is 1. The SMILES string of the molecule is CC(C)C(=O)C(F)(F)C[C@@H](C)C(C)C. The predicted molar refractivity (Wildman–Crippen MR) is 53.4 cm³/mol. The van der Waals surface area contributed by atoms with Crippen molar-refractivity contribution < 1.29 is 13.6 Å². The van der Waals surface area contributed by atoms with Gasteiger partial charge in [0.1, 0.15) is 0 Å². The van der Waals surface area contributed by atoms with E-state index in [1.165, 1.54) is 13.8 Å². The first-order valence-electron chi connectivity index (χ1n) is 5.10. The van der Waals surface area contributed by atoms with E-state index < -0.39 is 17.6 Å². The Balaban J connectivity index is 4.41. The van der Waals surface area contributed by atoms with E-state index in [0.717, 1.165) is 0 Å². The van der Waals surface area contributed by atoms with Gasteiger partial charge in [0.2, 0.25) is 5.78 Å². The van der Waals surface area contributed by atoms with E-state index in [-0.39, 0.29) is 18.3 Å². The Morgan fingerprint density at radius 1 is 1.14 bits per heavy atom. The summed E-state index contributed by atoms with van der Waals surface area (Å²) in [5.41, 5.74) is 0. The van der Waals surface area contributed by atoms with Crippen LogP contribution < -0.4 is 0 Å². The summed E-state index contributed by atoms with van der Waals surface area (Å²) in [6.07, 6.45) is -0.332. The number of rotatable bonds is 5. The Bertz CT molecular complexity index is 197. The molecule has 0 radical (unpaired) electrons. The van der Waals surface area contributed by atoms with E-state index in [2.05, 4.69) is 0 Å². The van der Waals surface area contributed by atoms with Crippen LogP contribution in [0.3, 0.4) is 0 Å². The molecular weight excluding hydrogens is 186 g/mol. The summed E-state index contributed by atoms with van der Waals surface area (Å²) in [7, 11) is 0. The summed E-state index contributed by atoms with van der Waals surface area (Å²) in [5, 5.41) is 0. The molecule has 0 aromatic rings. The number of ketones is 1. The lowest BCUT2D eigenvalue weighted by molar-refractivity contribution is -0.149. The van der Waals surface area contributed by atoms with Crippen LogP contribution >= 0.6 is 0 Å². The van der Waals surface area contributed by atoms with Crippen molar-refractivity contribution in [2.24, 2.45) is 17.8 Å². The number of alkyl halides is 2. The van der Waals surface area contributed by atoms with E-state index in [1.54, 1.807) is 6.92 Å². The predicted octanol–water partition coefficient (Wildman–Crippen LogP) is 3.53. The third-order valence-electron chi connectivity index (χ3n) is 2.60. The first-order valence-corrected chi connectivity index (χ1v) is 5.10. The van der Waals surface area contributed by atoms with Gasteiger partial charge in [0.15, 0.2) is 0 Å². The minimum Gasteiger partial charge on any atom is -0.293 e. The maximum Gasteiger partial charge on any atom is 0.305 e. The molecule has 0 heterocycles. The fraction of sp³-hybridized carbons (Fsp3) is 0.909. The van der Waals surface area contributed by atoms with Crippen molar-refractivity contribution in [3.8, 4) is 0 Å². The zero-order chi connectivity index (χ0) is 11.5. The second-order valence-corrected chi connectivity index (χ2v) is 4.65. The average Bonchev–Trinajstić information content (AvgIpc) is 2.01. The molecule has 14 heavy (non-hydrogen) atoms. The molecule has 0 aliphatic carbocycles. The van der Waals surface area contributed by atoms with Gasteiger partial charge in [-0.1, -0.05) is 34.6 Å². The van der Waals surface area contributed by atoms with Crippen LogP contribution in [-0.4, -0.2) is 11.7 Å². The van der Waals surface area contributed by atoms with Crippen LogP contribution in [0, 0.1) is 17.8 Å². The second kappa shape index (κ2) is 4.85. The quantitative estimate of drug-likeness (QED) is 0.672. The molecule has 0 unspecified atom stereocenters. The Kier molecular flexibility index (Phi) is 4.69. The highest BCUT2D eigenvalue weighted by atomic mass is 19.3. The molecule has 0 aliphatic heterocycles. The largest absolute Gasteiger partial charge is 0.305 e. The standard InChI is InChI=1S/C11H20F2O/c1-7(2)9(5)6-11(12,13)10(14)8(3)4/h7-9H,6H2,1-5H3/t9-/m1/s1. The zero-order valence-electron chi connectivity index (χ0n) is 9.60. The minimum absolute atomic E-state index is 0.132. The first kappa shape index (κ1) is 13.5. The van der Waals surface area contributed by atoms with E-state index in [9.17, 15) is 13.6 Å². The lowest BCUT2D eigenvalue weighted by atomic mass is 9.88. The topological polar surface area (TPSA) is 17.1 Å². The number of carbonyl (C=O) groups is 1. The molecule has 84 valence electrons. The molecule has 0 aromatic heterocycles. The summed E-state index contributed by atoms with van der Waals surface area (Å²) in [4.78, 5) is 11.2. The first-order chi connectivity index (χ1) is 6.18. The van der Waals surface area contributed by atoms with Gasteiger partial charge in [-0.3, -0.25) is 4.79 Å². The van der Waals surface area contributed by atoms with Gasteiger partial charge >= 0.3 is 5.92 Å². The van der Waals surface area contributed by atoms with Crippen molar-refractivity contribution in [1.82, 2.24) is 0 Å². The third kappa shape index (κ3) is 3.72. The summed E-state index contributed by atoms with van der Waals surface area (Å²) in [6.45, 7) is 8.56. The smallest absolute Gasteiger partial charge is 0.293 e. The Labute approximate surface area is 84.9 Å². The summed E-state index contributed by atoms with van der Waals surface area (Å²) in [5.74, 6) is -4.64. The van der Waals surface area contributed by atoms with E-state index in [0.29, 0.717) is 0 Å². The van der Waals surface area contributed by atoms with Crippen LogP contribution in [0.5, 0.6) is 0 Å². The maximum atomic E-state index is 13.3. The highest BCUT2D eigenvalue weighted by molar-refractivity contribution is 5.87. The molecule has 0 fully saturated rings. The maximum absolute atomic E-state index is 13.3. The van der Waals surface area contributed by atoms with Crippen LogP contribution in [0.1, 0.15) is 41.0 Å². The van der Waals surface area contributed by atoms with Crippen LogP contribution in [0.15, 0.2) is 0 Å². The number of carbonyl (C=O) groups excluding carboxylic acids is 1. The lowest BCUT2D eigenvalue weighted by Crippen LogP contribution is -2.35. The molecule has 0 spiro atoms. The average molecular weight is 206 g/mol. The van der Waals surface area contributed by atoms with Crippen LogP contribution in [0.2, 0.25) is 0 Å². The molecule has 1 atom stereocenters. The molecule has 0 N–H and O–H groups in total. The van der Waals surface area contributed by atoms with Gasteiger partial charge in [0, 0.05) is 12.3 Å². The van der Waals surface area contributed by atoms with E-state index in [4.69, 9.17) is 0 Å². The number of hydrogen-bond donors (Lipinski definition) is 0. The van der Waals surface area contributed by atoms with Gasteiger partial charge in [0.25, 0.3) is 0 Å². The van der Waals surface area contributed by atoms with Crippen molar-refractivity contribution in [2.75, 3.05) is 0 Å². The molecule has 0 saturated heterocycles. The van der Waals surface area contributed by atoms with Crippen molar-refractivity contribution in [3.05, 3.63) is 0 Å². The van der Waals surface area contributed by atoms with Gasteiger partial charge in [-0.25, -0.2) is 0 Å². The normalized spacial score (nSPS) is 14.9. The fourth-order valence-electron chi connectivity index (χ4n) is 1.16. The number of halogens is 2. The van der Waals surface area contributed by atoms with E-state index in [1.807, 2.05) is 13.8 Å². The highest BCUT2D eigenvalue weighted by Crippen LogP contribution is 2.30. The summed E-state index contributed by atoms with van der Waals surface area (Å²) >= 11 is 0. The monoisotopic (exact) mass is 206 g/mol. The molecular formula is C11H20F2O. The summed E-state index contributed by atoms with van der Waals surface area (Å²) < 4.78 is 26.7. The van der Waals surface area contributed by atoms with Crippen LogP contribution in [-0.2, 0) is 4.79 Å². The van der Waals surface area contributed by atoms with Crippen molar-refractivity contribution in [3.63, 3.8) is 0 Å². The van der Waals surface area contributed by atoms with Crippen LogP contribution in [0.4, 0.5) is 8.78 Å². The third-order valence-corrected chi connectivity index (χ3v) is 2.60. The lowest BCUT2D eigenvalue weighted by Gasteiger charge is -2.23. The van der Waals surface area contributed by atoms with E-state index >= 15 is 0 Å².